The fourth-order valence-electron chi connectivity index (χ4n) is 2.24. The van der Waals surface area contributed by atoms with Gasteiger partial charge in [-0.05, 0) is 18.8 Å². The minimum absolute atomic E-state index is 0.0528. The zero-order valence-corrected chi connectivity index (χ0v) is 14.9. The number of ether oxygens (including phenoxy) is 1. The van der Waals surface area contributed by atoms with Gasteiger partial charge in [-0.25, -0.2) is 0 Å². The van der Waals surface area contributed by atoms with Crippen LogP contribution < -0.4 is 0 Å². The topological polar surface area (TPSA) is 80.6 Å². The summed E-state index contributed by atoms with van der Waals surface area (Å²) in [7, 11) is 0. The van der Waals surface area contributed by atoms with Crippen molar-refractivity contribution in [2.45, 2.75) is 51.5 Å². The second-order valence-electron chi connectivity index (χ2n) is 5.98. The van der Waals surface area contributed by atoms with E-state index in [9.17, 15) is 13.2 Å². The Morgan fingerprint density at radius 2 is 1.77 bits per heavy atom. The van der Waals surface area contributed by atoms with E-state index in [0.717, 1.165) is 0 Å². The molecular weight excluding hydrogens is 343 g/mol. The van der Waals surface area contributed by atoms with Crippen LogP contribution in [0.1, 0.15) is 33.6 Å². The fraction of sp³-hybridized carbons (Fsp3) is 0.526. The Balaban J connectivity index is 6.45. The van der Waals surface area contributed by atoms with Gasteiger partial charge >= 0.3 is 6.18 Å². The molecule has 7 heteroatoms. The van der Waals surface area contributed by atoms with Crippen LogP contribution in [0, 0.1) is 58.2 Å². The number of nitrogens with zero attached hydrogens (tertiary/aromatic N) is 3. The lowest BCUT2D eigenvalue weighted by Gasteiger charge is -2.38. The van der Waals surface area contributed by atoms with Crippen molar-refractivity contribution in [3.05, 3.63) is 23.8 Å². The van der Waals surface area contributed by atoms with Crippen LogP contribution in [0.2, 0.25) is 0 Å². The number of hydrogen-bond donors (Lipinski definition) is 0. The molecule has 0 aliphatic rings. The maximum atomic E-state index is 14.0. The Morgan fingerprint density at radius 1 is 1.23 bits per heavy atom. The van der Waals surface area contributed by atoms with Crippen LogP contribution in [0.15, 0.2) is 23.8 Å². The normalized spacial score (nSPS) is 15.3. The number of nitriles is 3. The monoisotopic (exact) mass is 363 g/mol. The Labute approximate surface area is 152 Å². The molecule has 26 heavy (non-hydrogen) atoms. The minimum Gasteiger partial charge on any atom is -0.349 e. The highest BCUT2D eigenvalue weighted by Crippen LogP contribution is 2.44. The molecule has 0 saturated heterocycles. The van der Waals surface area contributed by atoms with Crippen LogP contribution >= 0.6 is 0 Å². The number of terminal acetylenes is 1. The molecule has 0 N–H and O–H groups in total. The van der Waals surface area contributed by atoms with E-state index in [2.05, 4.69) is 6.58 Å². The van der Waals surface area contributed by atoms with Crippen LogP contribution in [0.25, 0.3) is 0 Å². The fourth-order valence-corrected chi connectivity index (χ4v) is 2.24. The first-order valence-corrected chi connectivity index (χ1v) is 7.84. The lowest BCUT2D eigenvalue weighted by molar-refractivity contribution is -0.272. The summed E-state index contributed by atoms with van der Waals surface area (Å²) in [4.78, 5) is 0. The van der Waals surface area contributed by atoms with Gasteiger partial charge < -0.3 is 4.74 Å². The molecule has 0 fully saturated rings. The van der Waals surface area contributed by atoms with Crippen molar-refractivity contribution in [1.82, 2.24) is 0 Å². The van der Waals surface area contributed by atoms with Gasteiger partial charge in [0.15, 0.2) is 11.5 Å². The standard InChI is InChI=1S/C19H20F3N3O/c1-6-16(9-8-13(3)4)18(7-2,19(20,21)22)26-17(14(5)10-23)15(11-24)12-25/h1,9,13,15,17H,5,7-8H2,2-4H3/b16-9+. The summed E-state index contributed by atoms with van der Waals surface area (Å²) < 4.78 is 47.2. The van der Waals surface area contributed by atoms with Gasteiger partial charge in [-0.3, -0.25) is 0 Å². The maximum absolute atomic E-state index is 14.0. The van der Waals surface area contributed by atoms with Crippen molar-refractivity contribution in [3.8, 4) is 30.6 Å². The summed E-state index contributed by atoms with van der Waals surface area (Å²) >= 11 is 0. The lowest BCUT2D eigenvalue weighted by Crippen LogP contribution is -2.52. The largest absolute Gasteiger partial charge is 0.422 e. The summed E-state index contributed by atoms with van der Waals surface area (Å²) in [6, 6.07) is 4.63. The first kappa shape index (κ1) is 23.3. The SMILES string of the molecule is C#C/C(=C\CC(C)C)C(CC)(OC(C(=C)C#N)C(C#N)C#N)C(F)(F)F. The van der Waals surface area contributed by atoms with Crippen molar-refractivity contribution >= 4 is 0 Å². The van der Waals surface area contributed by atoms with Gasteiger partial charge in [0.05, 0.1) is 23.8 Å². The second kappa shape index (κ2) is 9.67. The van der Waals surface area contributed by atoms with Crippen molar-refractivity contribution < 1.29 is 17.9 Å². The predicted molar refractivity (Wildman–Crippen MR) is 89.8 cm³/mol. The third kappa shape index (κ3) is 5.13. The summed E-state index contributed by atoms with van der Waals surface area (Å²) in [5.74, 6) is 0.444. The first-order chi connectivity index (χ1) is 12.0. The number of allylic oxidation sites excluding steroid dienone is 1. The third-order valence-corrected chi connectivity index (χ3v) is 3.74. The molecule has 0 spiro atoms. The molecule has 138 valence electrons. The molecule has 0 aromatic rings. The lowest BCUT2D eigenvalue weighted by atomic mass is 9.87. The van der Waals surface area contributed by atoms with Crippen LogP contribution in [0.3, 0.4) is 0 Å². The molecular formula is C19H20F3N3O. The number of halogens is 3. The Kier molecular flexibility index (Phi) is 8.65. The quantitative estimate of drug-likeness (QED) is 0.472. The van der Waals surface area contributed by atoms with E-state index in [1.54, 1.807) is 6.07 Å². The van der Waals surface area contributed by atoms with Crippen LogP contribution in [0.4, 0.5) is 13.2 Å². The van der Waals surface area contributed by atoms with Gasteiger partial charge in [-0.15, -0.1) is 6.42 Å². The van der Waals surface area contributed by atoms with Crippen LogP contribution in [-0.2, 0) is 4.74 Å². The molecule has 0 amide bonds. The van der Waals surface area contributed by atoms with E-state index in [-0.39, 0.29) is 12.3 Å². The van der Waals surface area contributed by atoms with Crippen molar-refractivity contribution in [1.29, 1.82) is 15.8 Å². The molecule has 4 nitrogen and oxygen atoms in total. The number of rotatable bonds is 8. The van der Waals surface area contributed by atoms with Gasteiger partial charge in [-0.2, -0.15) is 29.0 Å². The highest BCUT2D eigenvalue weighted by atomic mass is 19.4. The van der Waals surface area contributed by atoms with Crippen molar-refractivity contribution in [3.63, 3.8) is 0 Å². The second-order valence-corrected chi connectivity index (χ2v) is 5.98. The summed E-state index contributed by atoms with van der Waals surface area (Å²) in [6.45, 7) is 8.18. The smallest absolute Gasteiger partial charge is 0.349 e. The molecule has 0 bridgehead atoms. The molecule has 0 aromatic heterocycles. The molecule has 2 unspecified atom stereocenters. The van der Waals surface area contributed by atoms with E-state index >= 15 is 0 Å². The Hall–Kier alpha value is -2.74. The zero-order chi connectivity index (χ0) is 20.5. The maximum Gasteiger partial charge on any atom is 0.422 e. The van der Waals surface area contributed by atoms with E-state index in [4.69, 9.17) is 26.9 Å². The van der Waals surface area contributed by atoms with Gasteiger partial charge in [0.25, 0.3) is 0 Å². The van der Waals surface area contributed by atoms with Crippen LogP contribution in [-0.4, -0.2) is 17.9 Å². The van der Waals surface area contributed by atoms with E-state index in [1.807, 2.05) is 19.8 Å². The summed E-state index contributed by atoms with van der Waals surface area (Å²) in [5.41, 5.74) is -3.83. The molecule has 0 aromatic carbocycles. The van der Waals surface area contributed by atoms with Gasteiger partial charge in [0.1, 0.15) is 6.10 Å². The van der Waals surface area contributed by atoms with Gasteiger partial charge in [0.2, 0.25) is 0 Å². The van der Waals surface area contributed by atoms with E-state index in [1.165, 1.54) is 25.1 Å². The zero-order valence-electron chi connectivity index (χ0n) is 14.9. The number of hydrogen-bond acceptors (Lipinski definition) is 4. The van der Waals surface area contributed by atoms with Crippen molar-refractivity contribution in [2.75, 3.05) is 0 Å². The Morgan fingerprint density at radius 3 is 2.08 bits per heavy atom. The average molecular weight is 363 g/mol. The van der Waals surface area contributed by atoms with Crippen molar-refractivity contribution in [2.24, 2.45) is 11.8 Å². The van der Waals surface area contributed by atoms with Gasteiger partial charge in [0, 0.05) is 5.57 Å². The molecule has 0 aliphatic carbocycles. The molecule has 0 radical (unpaired) electrons. The predicted octanol–water partition coefficient (Wildman–Crippen LogP) is 4.43. The molecule has 0 heterocycles. The first-order valence-electron chi connectivity index (χ1n) is 7.84. The van der Waals surface area contributed by atoms with E-state index < -0.39 is 41.4 Å². The van der Waals surface area contributed by atoms with E-state index in [0.29, 0.717) is 0 Å². The average Bonchev–Trinajstić information content (AvgIpc) is 2.58. The van der Waals surface area contributed by atoms with Gasteiger partial charge in [-0.1, -0.05) is 39.3 Å². The minimum atomic E-state index is -4.93. The van der Waals surface area contributed by atoms with Crippen LogP contribution in [0.5, 0.6) is 0 Å². The molecule has 2 atom stereocenters. The summed E-state index contributed by atoms with van der Waals surface area (Å²) in [6.07, 6.45) is -0.406. The third-order valence-electron chi connectivity index (χ3n) is 3.74. The molecule has 0 aliphatic heterocycles. The molecule has 0 rings (SSSR count). The Bertz CT molecular complexity index is 697. The summed E-state index contributed by atoms with van der Waals surface area (Å²) in [5, 5.41) is 27.1. The number of alkyl halides is 3. The highest BCUT2D eigenvalue weighted by Gasteiger charge is 2.59. The highest BCUT2D eigenvalue weighted by molar-refractivity contribution is 5.38. The molecule has 0 saturated carbocycles.